The molecule has 0 aromatic heterocycles. The van der Waals surface area contributed by atoms with Crippen LogP contribution in [0.25, 0.3) is 0 Å². The summed E-state index contributed by atoms with van der Waals surface area (Å²) in [5, 5.41) is 0. The van der Waals surface area contributed by atoms with Gasteiger partial charge in [-0.05, 0) is 12.3 Å². The van der Waals surface area contributed by atoms with E-state index in [0.717, 1.165) is 6.42 Å². The van der Waals surface area contributed by atoms with E-state index in [1.165, 1.54) is 6.92 Å². The Bertz CT molecular complexity index is 91.6. The molecule has 0 aliphatic carbocycles. The maximum atomic E-state index is 10.2. The van der Waals surface area contributed by atoms with Gasteiger partial charge in [-0.1, -0.05) is 13.8 Å². The fraction of sp³-hybridized carbons (Fsp3) is 0.857. The second-order valence-electron chi connectivity index (χ2n) is 2.52. The molecule has 0 saturated carbocycles. The number of esters is 1. The van der Waals surface area contributed by atoms with Gasteiger partial charge in [0.15, 0.2) is 0 Å². The van der Waals surface area contributed by atoms with Crippen LogP contribution in [0, 0.1) is 5.92 Å². The first kappa shape index (κ1) is 12.7. The zero-order valence-electron chi connectivity index (χ0n) is 7.02. The molecule has 0 heterocycles. The molecule has 0 fully saturated rings. The molecule has 0 spiro atoms. The Balaban J connectivity index is 0. The van der Waals surface area contributed by atoms with E-state index in [0.29, 0.717) is 12.5 Å². The number of carbonyl (C=O) groups is 1. The van der Waals surface area contributed by atoms with E-state index >= 15 is 0 Å². The van der Waals surface area contributed by atoms with Crippen LogP contribution >= 0.6 is 0 Å². The summed E-state index contributed by atoms with van der Waals surface area (Å²) in [6, 6.07) is 0. The van der Waals surface area contributed by atoms with E-state index in [2.05, 4.69) is 13.8 Å². The Kier molecular flexibility index (Phi) is 9.18. The first-order chi connectivity index (χ1) is 4.13. The van der Waals surface area contributed by atoms with Crippen LogP contribution in [0.15, 0.2) is 0 Å². The van der Waals surface area contributed by atoms with Crippen LogP contribution in [-0.2, 0) is 29.0 Å². The molecule has 0 unspecified atom stereocenters. The maximum absolute atomic E-state index is 10.2. The molecule has 0 N–H and O–H groups in total. The molecule has 0 aromatic carbocycles. The van der Waals surface area contributed by atoms with Crippen LogP contribution in [-0.4, -0.2) is 12.6 Å². The van der Waals surface area contributed by atoms with Crippen LogP contribution < -0.4 is 0 Å². The van der Waals surface area contributed by atoms with Crippen molar-refractivity contribution in [2.24, 2.45) is 5.92 Å². The summed E-state index contributed by atoms with van der Waals surface area (Å²) < 4.78 is 4.71. The smallest absolute Gasteiger partial charge is 0.302 e. The molecule has 0 rings (SSSR count). The molecule has 0 bridgehead atoms. The third kappa shape index (κ3) is 11.0. The van der Waals surface area contributed by atoms with E-state index in [1.807, 2.05) is 0 Å². The van der Waals surface area contributed by atoms with Crippen molar-refractivity contribution in [3.05, 3.63) is 0 Å². The van der Waals surface area contributed by atoms with Gasteiger partial charge in [0.2, 0.25) is 0 Å². The van der Waals surface area contributed by atoms with Crippen molar-refractivity contribution in [2.45, 2.75) is 27.2 Å². The van der Waals surface area contributed by atoms with Gasteiger partial charge in [-0.3, -0.25) is 4.79 Å². The van der Waals surface area contributed by atoms with Crippen molar-refractivity contribution in [3.63, 3.8) is 0 Å². The van der Waals surface area contributed by atoms with Gasteiger partial charge in [-0.25, -0.2) is 0 Å². The summed E-state index contributed by atoms with van der Waals surface area (Å²) in [4.78, 5) is 10.2. The molecule has 0 amide bonds. The average Bonchev–Trinajstić information content (AvgIpc) is 1.63. The van der Waals surface area contributed by atoms with Gasteiger partial charge >= 0.3 is 5.97 Å². The minimum absolute atomic E-state index is 0. The normalized spacial score (nSPS) is 8.80. The molecule has 10 heavy (non-hydrogen) atoms. The monoisotopic (exact) mass is 194 g/mol. The Labute approximate surface area is 75.1 Å². The zero-order chi connectivity index (χ0) is 7.28. The summed E-state index contributed by atoms with van der Waals surface area (Å²) in [5.74, 6) is 0.431. The maximum Gasteiger partial charge on any atom is 0.302 e. The molecular weight excluding hydrogens is 181 g/mol. The van der Waals surface area contributed by atoms with Crippen molar-refractivity contribution >= 4 is 5.97 Å². The van der Waals surface area contributed by atoms with Gasteiger partial charge in [0, 0.05) is 26.4 Å². The Morgan fingerprint density at radius 2 is 2.00 bits per heavy atom. The summed E-state index contributed by atoms with van der Waals surface area (Å²) in [6.07, 6.45) is 0.958. The fourth-order valence-corrected chi connectivity index (χ4v) is 0.438. The Morgan fingerprint density at radius 1 is 1.50 bits per heavy atom. The molecule has 0 aliphatic heterocycles. The Morgan fingerprint density at radius 3 is 2.30 bits per heavy atom. The van der Waals surface area contributed by atoms with E-state index in [1.54, 1.807) is 0 Å². The molecule has 2 nitrogen and oxygen atoms in total. The number of carbonyl (C=O) groups excluding carboxylic acids is 1. The predicted octanol–water partition coefficient (Wildman–Crippen LogP) is 1.59. The molecular formula is C7H14O2Zn. The number of hydrogen-bond donors (Lipinski definition) is 0. The molecule has 0 atom stereocenters. The molecule has 0 aromatic rings. The minimum Gasteiger partial charge on any atom is -0.466 e. The quantitative estimate of drug-likeness (QED) is 0.505. The van der Waals surface area contributed by atoms with E-state index in [-0.39, 0.29) is 25.4 Å². The van der Waals surface area contributed by atoms with Crippen molar-refractivity contribution in [2.75, 3.05) is 6.61 Å². The number of ether oxygens (including phenoxy) is 1. The van der Waals surface area contributed by atoms with Crippen molar-refractivity contribution < 1.29 is 29.0 Å². The Hall–Kier alpha value is 0.0934. The molecule has 56 valence electrons. The van der Waals surface area contributed by atoms with E-state index < -0.39 is 0 Å². The van der Waals surface area contributed by atoms with Crippen LogP contribution in [0.4, 0.5) is 0 Å². The molecule has 3 heteroatoms. The standard InChI is InChI=1S/C7H14O2.Zn/c1-6(2)4-5-9-7(3)8;/h6H,4-5H2,1-3H3;. The zero-order valence-corrected chi connectivity index (χ0v) is 9.98. The van der Waals surface area contributed by atoms with Gasteiger partial charge < -0.3 is 4.74 Å². The first-order valence-electron chi connectivity index (χ1n) is 3.26. The summed E-state index contributed by atoms with van der Waals surface area (Å²) in [6.45, 7) is 6.19. The molecule has 0 saturated heterocycles. The summed E-state index contributed by atoms with van der Waals surface area (Å²) in [5.41, 5.74) is 0. The van der Waals surface area contributed by atoms with Crippen LogP contribution in [0.5, 0.6) is 0 Å². The van der Waals surface area contributed by atoms with E-state index in [4.69, 9.17) is 4.74 Å². The van der Waals surface area contributed by atoms with Crippen LogP contribution in [0.1, 0.15) is 27.2 Å². The van der Waals surface area contributed by atoms with Gasteiger partial charge in [0.05, 0.1) is 6.61 Å². The fourth-order valence-electron chi connectivity index (χ4n) is 0.438. The second kappa shape index (κ2) is 7.20. The second-order valence-corrected chi connectivity index (χ2v) is 2.52. The van der Waals surface area contributed by atoms with Crippen LogP contribution in [0.2, 0.25) is 0 Å². The van der Waals surface area contributed by atoms with E-state index in [9.17, 15) is 4.79 Å². The van der Waals surface area contributed by atoms with Crippen molar-refractivity contribution in [3.8, 4) is 0 Å². The third-order valence-corrected chi connectivity index (χ3v) is 1.00. The number of hydrogen-bond acceptors (Lipinski definition) is 2. The van der Waals surface area contributed by atoms with Gasteiger partial charge in [0.1, 0.15) is 0 Å². The SMILES string of the molecule is CC(=O)OCCC(C)C.[Zn]. The topological polar surface area (TPSA) is 26.3 Å². The minimum atomic E-state index is -0.185. The van der Waals surface area contributed by atoms with Crippen LogP contribution in [0.3, 0.4) is 0 Å². The third-order valence-electron chi connectivity index (χ3n) is 1.00. The van der Waals surface area contributed by atoms with Crippen molar-refractivity contribution in [1.82, 2.24) is 0 Å². The van der Waals surface area contributed by atoms with Crippen molar-refractivity contribution in [1.29, 1.82) is 0 Å². The molecule has 0 aliphatic rings. The largest absolute Gasteiger partial charge is 0.466 e. The van der Waals surface area contributed by atoms with Gasteiger partial charge in [-0.15, -0.1) is 0 Å². The average molecular weight is 196 g/mol. The summed E-state index contributed by atoms with van der Waals surface area (Å²) in [7, 11) is 0. The number of rotatable bonds is 3. The van der Waals surface area contributed by atoms with Gasteiger partial charge in [0.25, 0.3) is 0 Å². The molecule has 0 radical (unpaired) electrons. The summed E-state index contributed by atoms with van der Waals surface area (Å²) >= 11 is 0. The van der Waals surface area contributed by atoms with Gasteiger partial charge in [-0.2, -0.15) is 0 Å². The first-order valence-corrected chi connectivity index (χ1v) is 3.26. The predicted molar refractivity (Wildman–Crippen MR) is 36.1 cm³/mol.